The summed E-state index contributed by atoms with van der Waals surface area (Å²) in [4.78, 5) is 24.8. The molecule has 0 spiro atoms. The van der Waals surface area contributed by atoms with Gasteiger partial charge in [-0.2, -0.15) is 10.2 Å². The molecule has 0 unspecified atom stereocenters. The first-order valence-electron chi connectivity index (χ1n) is 10.4. The largest absolute Gasteiger partial charge is 0.318 e. The Labute approximate surface area is 185 Å². The predicted octanol–water partition coefficient (Wildman–Crippen LogP) is 4.03. The van der Waals surface area contributed by atoms with Gasteiger partial charge in [-0.3, -0.25) is 14.3 Å². The summed E-state index contributed by atoms with van der Waals surface area (Å²) in [5.41, 5.74) is 3.80. The molecule has 0 bridgehead atoms. The maximum atomic E-state index is 12.8. The number of anilines is 2. The van der Waals surface area contributed by atoms with Crippen molar-refractivity contribution in [3.63, 3.8) is 0 Å². The molecular weight excluding hydrogens is 404 g/mol. The fourth-order valence-electron chi connectivity index (χ4n) is 3.29. The monoisotopic (exact) mass is 428 g/mol. The second-order valence-electron chi connectivity index (χ2n) is 7.43. The molecule has 0 fully saturated rings. The van der Waals surface area contributed by atoms with Gasteiger partial charge in [-0.15, -0.1) is 0 Å². The quantitative estimate of drug-likeness (QED) is 0.465. The third-order valence-corrected chi connectivity index (χ3v) is 4.85. The van der Waals surface area contributed by atoms with Gasteiger partial charge in [0.15, 0.2) is 5.69 Å². The van der Waals surface area contributed by atoms with Crippen molar-refractivity contribution in [1.82, 2.24) is 19.6 Å². The lowest BCUT2D eigenvalue weighted by molar-refractivity contribution is -0.115. The Hall–Kier alpha value is -4.20. The number of nitrogens with zero attached hydrogens (tertiary/aromatic N) is 4. The van der Waals surface area contributed by atoms with Gasteiger partial charge in [-0.1, -0.05) is 55.0 Å². The summed E-state index contributed by atoms with van der Waals surface area (Å²) >= 11 is 0. The molecule has 0 atom stereocenters. The van der Waals surface area contributed by atoms with Gasteiger partial charge in [-0.05, 0) is 24.6 Å². The molecule has 0 aliphatic heterocycles. The minimum Gasteiger partial charge on any atom is -0.318 e. The number of aryl methyl sites for hydroxylation is 1. The Kier molecular flexibility index (Phi) is 6.12. The number of hydrogen-bond acceptors (Lipinski definition) is 4. The van der Waals surface area contributed by atoms with E-state index in [1.807, 2.05) is 55.5 Å². The summed E-state index contributed by atoms with van der Waals surface area (Å²) in [6.07, 6.45) is 3.69. The van der Waals surface area contributed by atoms with Crippen LogP contribution in [0.15, 0.2) is 73.1 Å². The topological polar surface area (TPSA) is 93.8 Å². The van der Waals surface area contributed by atoms with E-state index in [9.17, 15) is 9.59 Å². The van der Waals surface area contributed by atoms with Gasteiger partial charge >= 0.3 is 0 Å². The lowest BCUT2D eigenvalue weighted by Crippen LogP contribution is -2.13. The molecule has 0 aliphatic carbocycles. The lowest BCUT2D eigenvalue weighted by Gasteiger charge is -2.07. The first-order chi connectivity index (χ1) is 15.5. The van der Waals surface area contributed by atoms with Crippen molar-refractivity contribution in [3.05, 3.63) is 89.9 Å². The second-order valence-corrected chi connectivity index (χ2v) is 7.43. The molecule has 0 saturated carbocycles. The van der Waals surface area contributed by atoms with Crippen molar-refractivity contribution >= 4 is 23.3 Å². The van der Waals surface area contributed by atoms with Crippen LogP contribution in [0.4, 0.5) is 11.5 Å². The third kappa shape index (κ3) is 4.92. The van der Waals surface area contributed by atoms with Crippen molar-refractivity contribution in [2.45, 2.75) is 26.8 Å². The molecule has 2 amide bonds. The molecular formula is C24H24N6O2. The van der Waals surface area contributed by atoms with Gasteiger partial charge in [0, 0.05) is 18.7 Å². The normalized spacial score (nSPS) is 10.7. The number of carbonyl (C=O) groups excluding carboxylic acids is 2. The van der Waals surface area contributed by atoms with Crippen LogP contribution in [-0.4, -0.2) is 31.4 Å². The molecule has 2 heterocycles. The average Bonchev–Trinajstić information content (AvgIpc) is 3.41. The summed E-state index contributed by atoms with van der Waals surface area (Å²) in [7, 11) is 0. The van der Waals surface area contributed by atoms with Crippen molar-refractivity contribution in [2.75, 3.05) is 10.6 Å². The smallest absolute Gasteiger partial charge is 0.276 e. The van der Waals surface area contributed by atoms with E-state index in [1.54, 1.807) is 34.7 Å². The fraction of sp³-hybridized carbons (Fsp3) is 0.167. The summed E-state index contributed by atoms with van der Waals surface area (Å²) in [6, 6.07) is 19.1. The van der Waals surface area contributed by atoms with E-state index in [0.29, 0.717) is 24.5 Å². The van der Waals surface area contributed by atoms with Crippen LogP contribution in [0.1, 0.15) is 35.0 Å². The number of benzene rings is 2. The number of carbonyl (C=O) groups is 2. The van der Waals surface area contributed by atoms with Gasteiger partial charge in [0.1, 0.15) is 5.82 Å². The minimum absolute atomic E-state index is 0.161. The highest BCUT2D eigenvalue weighted by atomic mass is 16.2. The molecule has 0 saturated heterocycles. The van der Waals surface area contributed by atoms with E-state index in [-0.39, 0.29) is 17.5 Å². The molecule has 32 heavy (non-hydrogen) atoms. The molecule has 4 aromatic rings. The lowest BCUT2D eigenvalue weighted by atomic mass is 10.1. The molecule has 0 aliphatic rings. The van der Waals surface area contributed by atoms with Gasteiger partial charge in [-0.25, -0.2) is 4.68 Å². The first kappa shape index (κ1) is 21.0. The van der Waals surface area contributed by atoms with Crippen LogP contribution in [0.3, 0.4) is 0 Å². The molecule has 4 rings (SSSR count). The number of amides is 2. The molecule has 8 heteroatoms. The molecule has 162 valence electrons. The van der Waals surface area contributed by atoms with Gasteiger partial charge in [0.05, 0.1) is 24.1 Å². The van der Waals surface area contributed by atoms with Crippen LogP contribution in [0.25, 0.3) is 5.69 Å². The average molecular weight is 428 g/mol. The number of aromatic nitrogens is 4. The molecule has 0 radical (unpaired) electrons. The van der Waals surface area contributed by atoms with E-state index < -0.39 is 0 Å². The van der Waals surface area contributed by atoms with Gasteiger partial charge in [0.2, 0.25) is 5.91 Å². The van der Waals surface area contributed by atoms with Crippen LogP contribution in [0, 0.1) is 6.92 Å². The summed E-state index contributed by atoms with van der Waals surface area (Å²) < 4.78 is 3.31. The summed E-state index contributed by atoms with van der Waals surface area (Å²) in [5.74, 6) is -0.114. The number of para-hydroxylation sites is 1. The van der Waals surface area contributed by atoms with E-state index >= 15 is 0 Å². The molecule has 2 aromatic carbocycles. The highest BCUT2D eigenvalue weighted by molar-refractivity contribution is 6.03. The van der Waals surface area contributed by atoms with Crippen LogP contribution in [0.5, 0.6) is 0 Å². The Bertz CT molecular complexity index is 1240. The predicted molar refractivity (Wildman–Crippen MR) is 123 cm³/mol. The highest BCUT2D eigenvalue weighted by Crippen LogP contribution is 2.19. The summed E-state index contributed by atoms with van der Waals surface area (Å²) in [5, 5.41) is 14.4. The Morgan fingerprint density at radius 3 is 2.56 bits per heavy atom. The van der Waals surface area contributed by atoms with Crippen LogP contribution in [0.2, 0.25) is 0 Å². The van der Waals surface area contributed by atoms with Crippen LogP contribution < -0.4 is 10.6 Å². The SMILES string of the molecule is CCC(=O)Nc1cc(C(=O)Nc2cnn(Cc3cccc(C)c3)c2)nn1-c1ccccc1. The highest BCUT2D eigenvalue weighted by Gasteiger charge is 2.17. The molecule has 2 aromatic heterocycles. The van der Waals surface area contributed by atoms with Crippen molar-refractivity contribution in [1.29, 1.82) is 0 Å². The van der Waals surface area contributed by atoms with Crippen molar-refractivity contribution in [3.8, 4) is 5.69 Å². The maximum absolute atomic E-state index is 12.8. The maximum Gasteiger partial charge on any atom is 0.276 e. The second kappa shape index (κ2) is 9.30. The van der Waals surface area contributed by atoms with E-state index in [4.69, 9.17) is 0 Å². The van der Waals surface area contributed by atoms with Crippen LogP contribution >= 0.6 is 0 Å². The summed E-state index contributed by atoms with van der Waals surface area (Å²) in [6.45, 7) is 4.41. The fourth-order valence-corrected chi connectivity index (χ4v) is 3.29. The van der Waals surface area contributed by atoms with Crippen molar-refractivity contribution < 1.29 is 9.59 Å². The van der Waals surface area contributed by atoms with Crippen LogP contribution in [-0.2, 0) is 11.3 Å². The zero-order valence-electron chi connectivity index (χ0n) is 17.9. The van der Waals surface area contributed by atoms with E-state index in [1.165, 1.54) is 5.56 Å². The standard InChI is InChI=1S/C24H24N6O2/c1-3-23(31)27-22-13-21(28-30(22)20-10-5-4-6-11-20)24(32)26-19-14-25-29(16-19)15-18-9-7-8-17(2)12-18/h4-14,16H,3,15H2,1-2H3,(H,26,32)(H,27,31). The van der Waals surface area contributed by atoms with Gasteiger partial charge < -0.3 is 10.6 Å². The zero-order valence-corrected chi connectivity index (χ0v) is 17.9. The number of rotatable bonds is 7. The Morgan fingerprint density at radius 2 is 1.81 bits per heavy atom. The van der Waals surface area contributed by atoms with E-state index in [0.717, 1.165) is 11.3 Å². The number of hydrogen-bond donors (Lipinski definition) is 2. The Morgan fingerprint density at radius 1 is 1.00 bits per heavy atom. The first-order valence-corrected chi connectivity index (χ1v) is 10.4. The Balaban J connectivity index is 1.52. The third-order valence-electron chi connectivity index (χ3n) is 4.85. The molecule has 8 nitrogen and oxygen atoms in total. The molecule has 2 N–H and O–H groups in total. The number of nitrogens with one attached hydrogen (secondary N) is 2. The van der Waals surface area contributed by atoms with Crippen molar-refractivity contribution in [2.24, 2.45) is 0 Å². The van der Waals surface area contributed by atoms with E-state index in [2.05, 4.69) is 26.9 Å². The minimum atomic E-state index is -0.387. The van der Waals surface area contributed by atoms with Gasteiger partial charge in [0.25, 0.3) is 5.91 Å². The zero-order chi connectivity index (χ0) is 22.5.